The Bertz CT molecular complexity index is 1020. The van der Waals surface area contributed by atoms with Crippen LogP contribution < -0.4 is 10.9 Å². The molecule has 6 heteroatoms. The van der Waals surface area contributed by atoms with Gasteiger partial charge in [0.15, 0.2) is 0 Å². The molecular weight excluding hydrogens is 378 g/mol. The highest BCUT2D eigenvalue weighted by atomic mass is 35.5. The molecule has 0 spiro atoms. The van der Waals surface area contributed by atoms with E-state index in [1.54, 1.807) is 11.3 Å². The minimum atomic E-state index is -0.171. The van der Waals surface area contributed by atoms with Gasteiger partial charge in [-0.3, -0.25) is 4.79 Å². The molecule has 2 heterocycles. The number of hydrogen-bond donors (Lipinski definition) is 2. The first-order valence-electron chi connectivity index (χ1n) is 9.61. The summed E-state index contributed by atoms with van der Waals surface area (Å²) < 4.78 is 0. The molecule has 0 saturated carbocycles. The molecule has 0 amide bonds. The summed E-state index contributed by atoms with van der Waals surface area (Å²) in [7, 11) is 0. The summed E-state index contributed by atoms with van der Waals surface area (Å²) in [5.41, 5.74) is 2.26. The third-order valence-electron chi connectivity index (χ3n) is 5.82. The summed E-state index contributed by atoms with van der Waals surface area (Å²) in [5.74, 6) is 0.702. The predicted molar refractivity (Wildman–Crippen MR) is 113 cm³/mol. The number of benzene rings is 1. The Morgan fingerprint density at radius 2 is 1.96 bits per heavy atom. The number of nitrogens with zero attached hydrogens (tertiary/aromatic N) is 1. The third-order valence-corrected chi connectivity index (χ3v) is 7.26. The van der Waals surface area contributed by atoms with Crippen molar-refractivity contribution in [2.75, 3.05) is 0 Å². The fourth-order valence-corrected chi connectivity index (χ4v) is 5.57. The zero-order valence-electron chi connectivity index (χ0n) is 15.7. The van der Waals surface area contributed by atoms with Crippen molar-refractivity contribution in [3.63, 3.8) is 0 Å². The van der Waals surface area contributed by atoms with Crippen LogP contribution in [0.5, 0.6) is 0 Å². The Morgan fingerprint density at radius 3 is 2.67 bits per heavy atom. The number of rotatable bonds is 6. The fourth-order valence-electron chi connectivity index (χ4n) is 4.16. The molecule has 0 fully saturated rings. The van der Waals surface area contributed by atoms with E-state index in [1.807, 2.05) is 12.1 Å². The highest BCUT2D eigenvalue weighted by molar-refractivity contribution is 7.18. The number of aromatic amines is 1. The van der Waals surface area contributed by atoms with Crippen molar-refractivity contribution in [3.8, 4) is 0 Å². The van der Waals surface area contributed by atoms with Crippen LogP contribution in [0, 0.1) is 0 Å². The molecule has 27 heavy (non-hydrogen) atoms. The van der Waals surface area contributed by atoms with Crippen LogP contribution in [-0.4, -0.2) is 9.97 Å². The summed E-state index contributed by atoms with van der Waals surface area (Å²) in [4.78, 5) is 22.6. The molecule has 3 aromatic rings. The Morgan fingerprint density at radius 1 is 1.22 bits per heavy atom. The van der Waals surface area contributed by atoms with E-state index in [-0.39, 0.29) is 11.1 Å². The Kier molecular flexibility index (Phi) is 5.10. The first-order chi connectivity index (χ1) is 13.1. The third kappa shape index (κ3) is 3.33. The Balaban J connectivity index is 1.63. The van der Waals surface area contributed by atoms with E-state index in [1.165, 1.54) is 16.0 Å². The molecule has 4 nitrogen and oxygen atoms in total. The van der Waals surface area contributed by atoms with Gasteiger partial charge < -0.3 is 10.3 Å². The fraction of sp³-hybridized carbons (Fsp3) is 0.429. The number of aromatic nitrogens is 2. The maximum Gasteiger partial charge on any atom is 0.259 e. The Labute approximate surface area is 168 Å². The van der Waals surface area contributed by atoms with Crippen molar-refractivity contribution in [2.45, 2.75) is 58.0 Å². The lowest BCUT2D eigenvalue weighted by molar-refractivity contribution is 0.302. The van der Waals surface area contributed by atoms with Crippen LogP contribution in [-0.2, 0) is 24.9 Å². The van der Waals surface area contributed by atoms with Crippen molar-refractivity contribution in [2.24, 2.45) is 0 Å². The molecule has 0 bridgehead atoms. The molecule has 0 atom stereocenters. The number of hydrogen-bond acceptors (Lipinski definition) is 4. The van der Waals surface area contributed by atoms with E-state index in [9.17, 15) is 4.79 Å². The van der Waals surface area contributed by atoms with Crippen molar-refractivity contribution in [1.29, 1.82) is 0 Å². The predicted octanol–water partition coefficient (Wildman–Crippen LogP) is 4.93. The van der Waals surface area contributed by atoms with Gasteiger partial charge in [-0.1, -0.05) is 37.6 Å². The molecule has 4 rings (SSSR count). The molecule has 1 aliphatic carbocycles. The SMILES string of the molecule is CCC(CC)(NCc1nc2sc3c(c2c(=O)[nH]1)CCC3)c1ccc(Cl)cc1. The standard InChI is InChI=1S/C21H24ClN3OS/c1-3-21(4-2,13-8-10-14(22)11-9-13)23-12-17-24-19(26)18-15-6-5-7-16(15)27-20(18)25-17/h8-11,23H,3-7,12H2,1-2H3,(H,24,25,26). The van der Waals surface area contributed by atoms with Crippen LogP contribution in [0.15, 0.2) is 29.1 Å². The molecule has 0 unspecified atom stereocenters. The lowest BCUT2D eigenvalue weighted by Crippen LogP contribution is -2.41. The average molecular weight is 402 g/mol. The highest BCUT2D eigenvalue weighted by Gasteiger charge is 2.28. The minimum Gasteiger partial charge on any atom is -0.309 e. The van der Waals surface area contributed by atoms with E-state index in [0.29, 0.717) is 12.4 Å². The van der Waals surface area contributed by atoms with Gasteiger partial charge in [0.05, 0.1) is 11.9 Å². The zero-order chi connectivity index (χ0) is 19.0. The van der Waals surface area contributed by atoms with E-state index < -0.39 is 0 Å². The van der Waals surface area contributed by atoms with Gasteiger partial charge in [0.2, 0.25) is 0 Å². The molecule has 0 aliphatic heterocycles. The molecule has 1 aliphatic rings. The maximum absolute atomic E-state index is 12.7. The van der Waals surface area contributed by atoms with Crippen molar-refractivity contribution in [1.82, 2.24) is 15.3 Å². The molecule has 2 N–H and O–H groups in total. The second kappa shape index (κ2) is 7.38. The topological polar surface area (TPSA) is 57.8 Å². The van der Waals surface area contributed by atoms with Crippen LogP contribution in [0.25, 0.3) is 10.2 Å². The summed E-state index contributed by atoms with van der Waals surface area (Å²) >= 11 is 7.74. The number of halogens is 1. The van der Waals surface area contributed by atoms with Crippen molar-refractivity contribution < 1.29 is 0 Å². The van der Waals surface area contributed by atoms with E-state index in [2.05, 4.69) is 36.3 Å². The van der Waals surface area contributed by atoms with E-state index in [0.717, 1.165) is 47.3 Å². The monoisotopic (exact) mass is 401 g/mol. The molecule has 2 aromatic heterocycles. The summed E-state index contributed by atoms with van der Waals surface area (Å²) in [5, 5.41) is 5.20. The maximum atomic E-state index is 12.7. The second-order valence-electron chi connectivity index (χ2n) is 7.20. The van der Waals surface area contributed by atoms with E-state index >= 15 is 0 Å². The van der Waals surface area contributed by atoms with Gasteiger partial charge in [-0.25, -0.2) is 4.98 Å². The molecule has 1 aromatic carbocycles. The smallest absolute Gasteiger partial charge is 0.259 e. The molecular formula is C21H24ClN3OS. The van der Waals surface area contributed by atoms with Crippen LogP contribution >= 0.6 is 22.9 Å². The van der Waals surface area contributed by atoms with Gasteiger partial charge in [-0.05, 0) is 55.4 Å². The number of fused-ring (bicyclic) bond motifs is 3. The number of aryl methyl sites for hydroxylation is 2. The lowest BCUT2D eigenvalue weighted by atomic mass is 9.84. The largest absolute Gasteiger partial charge is 0.309 e. The van der Waals surface area contributed by atoms with E-state index in [4.69, 9.17) is 16.6 Å². The van der Waals surface area contributed by atoms with Crippen molar-refractivity contribution >= 4 is 33.2 Å². The van der Waals surface area contributed by atoms with Gasteiger partial charge in [0, 0.05) is 15.4 Å². The number of H-pyrrole nitrogens is 1. The summed E-state index contributed by atoms with van der Waals surface area (Å²) in [6, 6.07) is 8.01. The van der Waals surface area contributed by atoms with Gasteiger partial charge >= 0.3 is 0 Å². The van der Waals surface area contributed by atoms with Crippen molar-refractivity contribution in [3.05, 3.63) is 61.5 Å². The molecule has 0 saturated heterocycles. The molecule has 0 radical (unpaired) electrons. The normalized spacial score (nSPS) is 14.0. The second-order valence-corrected chi connectivity index (χ2v) is 8.72. The quantitative estimate of drug-likeness (QED) is 0.615. The lowest BCUT2D eigenvalue weighted by Gasteiger charge is -2.33. The van der Waals surface area contributed by atoms with Gasteiger partial charge in [-0.15, -0.1) is 11.3 Å². The van der Waals surface area contributed by atoms with Gasteiger partial charge in [-0.2, -0.15) is 0 Å². The first-order valence-corrected chi connectivity index (χ1v) is 10.8. The highest BCUT2D eigenvalue weighted by Crippen LogP contribution is 2.34. The summed E-state index contributed by atoms with van der Waals surface area (Å²) in [6.45, 7) is 4.88. The van der Waals surface area contributed by atoms with Gasteiger partial charge in [0.1, 0.15) is 10.7 Å². The minimum absolute atomic E-state index is 0.00119. The van der Waals surface area contributed by atoms with Gasteiger partial charge in [0.25, 0.3) is 5.56 Å². The summed E-state index contributed by atoms with van der Waals surface area (Å²) in [6.07, 6.45) is 5.10. The number of nitrogens with one attached hydrogen (secondary N) is 2. The first kappa shape index (κ1) is 18.7. The van der Waals surface area contributed by atoms with Crippen LogP contribution in [0.2, 0.25) is 5.02 Å². The number of thiophene rings is 1. The zero-order valence-corrected chi connectivity index (χ0v) is 17.3. The average Bonchev–Trinajstić information content (AvgIpc) is 3.25. The van der Waals surface area contributed by atoms with Crippen LogP contribution in [0.1, 0.15) is 54.9 Å². The van der Waals surface area contributed by atoms with Crippen LogP contribution in [0.4, 0.5) is 0 Å². The molecule has 142 valence electrons. The van der Waals surface area contributed by atoms with Crippen LogP contribution in [0.3, 0.4) is 0 Å². The Hall–Kier alpha value is -1.69.